The summed E-state index contributed by atoms with van der Waals surface area (Å²) < 4.78 is 6.11. The van der Waals surface area contributed by atoms with Crippen LogP contribution in [0.4, 0.5) is 0 Å². The fraction of sp³-hybridized carbons (Fsp3) is 0.833. The van der Waals surface area contributed by atoms with E-state index in [1.54, 1.807) is 0 Å². The van der Waals surface area contributed by atoms with E-state index in [0.717, 1.165) is 0 Å². The molecular weight excluding hydrogens is 188 g/mol. The predicted molar refractivity (Wildman–Crippen MR) is 65.9 cm³/mol. The molecule has 2 heteroatoms. The molecule has 0 saturated carbocycles. The van der Waals surface area contributed by atoms with Gasteiger partial charge in [-0.3, -0.25) is 0 Å². The minimum Gasteiger partial charge on any atom is -0.410 e. The van der Waals surface area contributed by atoms with Crippen LogP contribution in [0.2, 0.25) is 11.1 Å². The van der Waals surface area contributed by atoms with Gasteiger partial charge in [0.15, 0.2) is 0 Å². The number of rotatable bonds is 5. The fourth-order valence-electron chi connectivity index (χ4n) is 1.66. The standard InChI is InChI=1S/C12H25OSi/c1-9(2)8-12(7)13-14(10(3)4)11(5)6/h8,10-12H,1-7H3. The number of hydrogen-bond acceptors (Lipinski definition) is 1. The maximum Gasteiger partial charge on any atom is 0.217 e. The lowest BCUT2D eigenvalue weighted by atomic mass is 10.2. The van der Waals surface area contributed by atoms with Crippen LogP contribution in [0.3, 0.4) is 0 Å². The number of allylic oxidation sites excluding steroid dienone is 1. The van der Waals surface area contributed by atoms with Crippen LogP contribution in [0.25, 0.3) is 0 Å². The van der Waals surface area contributed by atoms with Crippen LogP contribution in [0.5, 0.6) is 0 Å². The van der Waals surface area contributed by atoms with Gasteiger partial charge < -0.3 is 4.43 Å². The van der Waals surface area contributed by atoms with Crippen molar-refractivity contribution in [2.24, 2.45) is 0 Å². The Labute approximate surface area is 91.3 Å². The van der Waals surface area contributed by atoms with Gasteiger partial charge in [-0.1, -0.05) is 39.3 Å². The van der Waals surface area contributed by atoms with Gasteiger partial charge in [0, 0.05) is 0 Å². The Morgan fingerprint density at radius 1 is 1.00 bits per heavy atom. The topological polar surface area (TPSA) is 9.23 Å². The summed E-state index contributed by atoms with van der Waals surface area (Å²) in [4.78, 5) is 0. The van der Waals surface area contributed by atoms with Gasteiger partial charge >= 0.3 is 0 Å². The summed E-state index contributed by atoms with van der Waals surface area (Å²) >= 11 is 0. The Kier molecular flexibility index (Phi) is 6.37. The molecule has 1 unspecified atom stereocenters. The lowest BCUT2D eigenvalue weighted by molar-refractivity contribution is 0.259. The van der Waals surface area contributed by atoms with Gasteiger partial charge in [-0.25, -0.2) is 0 Å². The van der Waals surface area contributed by atoms with E-state index in [9.17, 15) is 0 Å². The van der Waals surface area contributed by atoms with Gasteiger partial charge in [0.25, 0.3) is 0 Å². The van der Waals surface area contributed by atoms with Crippen LogP contribution >= 0.6 is 0 Å². The van der Waals surface area contributed by atoms with Crippen LogP contribution in [-0.2, 0) is 4.43 Å². The largest absolute Gasteiger partial charge is 0.410 e. The summed E-state index contributed by atoms with van der Waals surface area (Å²) in [6, 6.07) is 0. The summed E-state index contributed by atoms with van der Waals surface area (Å²) in [6.45, 7) is 15.5. The van der Waals surface area contributed by atoms with Gasteiger partial charge in [0.2, 0.25) is 9.04 Å². The average molecular weight is 213 g/mol. The Bertz CT molecular complexity index is 173. The van der Waals surface area contributed by atoms with Gasteiger partial charge in [-0.15, -0.1) is 0 Å². The third-order valence-corrected chi connectivity index (χ3v) is 4.95. The van der Waals surface area contributed by atoms with Crippen LogP contribution in [-0.4, -0.2) is 15.1 Å². The molecule has 0 rings (SSSR count). The first-order chi connectivity index (χ1) is 6.34. The van der Waals surface area contributed by atoms with Gasteiger partial charge in [0.1, 0.15) is 0 Å². The van der Waals surface area contributed by atoms with Crippen LogP contribution in [0, 0.1) is 0 Å². The molecule has 1 atom stereocenters. The summed E-state index contributed by atoms with van der Waals surface area (Å²) in [5.74, 6) is 0. The first-order valence-corrected chi connectivity index (χ1v) is 7.09. The average Bonchev–Trinajstić information content (AvgIpc) is 1.97. The third-order valence-electron chi connectivity index (χ3n) is 2.03. The molecule has 0 amide bonds. The van der Waals surface area contributed by atoms with Crippen LogP contribution < -0.4 is 0 Å². The molecule has 0 spiro atoms. The summed E-state index contributed by atoms with van der Waals surface area (Å²) in [5, 5.41) is 0. The second-order valence-corrected chi connectivity index (χ2v) is 8.13. The molecule has 0 saturated heterocycles. The Morgan fingerprint density at radius 3 is 1.71 bits per heavy atom. The highest BCUT2D eigenvalue weighted by Crippen LogP contribution is 2.22. The third kappa shape index (κ3) is 5.61. The second kappa shape index (κ2) is 6.41. The van der Waals surface area contributed by atoms with E-state index in [1.807, 2.05) is 0 Å². The van der Waals surface area contributed by atoms with Crippen LogP contribution in [0.15, 0.2) is 11.6 Å². The van der Waals surface area contributed by atoms with E-state index in [4.69, 9.17) is 4.43 Å². The highest BCUT2D eigenvalue weighted by molar-refractivity contribution is 6.55. The molecule has 0 aliphatic rings. The van der Waals surface area contributed by atoms with E-state index >= 15 is 0 Å². The van der Waals surface area contributed by atoms with E-state index in [1.165, 1.54) is 5.57 Å². The van der Waals surface area contributed by atoms with E-state index in [0.29, 0.717) is 11.1 Å². The zero-order chi connectivity index (χ0) is 11.3. The SMILES string of the molecule is CC(C)=CC(C)O[Si](C(C)C)C(C)C. The van der Waals surface area contributed by atoms with E-state index in [-0.39, 0.29) is 6.10 Å². The zero-order valence-corrected chi connectivity index (χ0v) is 11.7. The maximum absolute atomic E-state index is 6.11. The van der Waals surface area contributed by atoms with Crippen molar-refractivity contribution in [3.8, 4) is 0 Å². The predicted octanol–water partition coefficient (Wildman–Crippen LogP) is 4.17. The van der Waals surface area contributed by atoms with Crippen molar-refractivity contribution >= 4 is 9.04 Å². The van der Waals surface area contributed by atoms with Gasteiger partial charge in [-0.2, -0.15) is 0 Å². The normalized spacial score (nSPS) is 13.9. The quantitative estimate of drug-likeness (QED) is 0.492. The molecule has 0 aliphatic heterocycles. The minimum atomic E-state index is -0.667. The molecule has 14 heavy (non-hydrogen) atoms. The Morgan fingerprint density at radius 2 is 1.43 bits per heavy atom. The van der Waals surface area contributed by atoms with Crippen molar-refractivity contribution in [3.63, 3.8) is 0 Å². The molecule has 83 valence electrons. The summed E-state index contributed by atoms with van der Waals surface area (Å²) in [6.07, 6.45) is 2.48. The summed E-state index contributed by atoms with van der Waals surface area (Å²) in [7, 11) is -0.667. The summed E-state index contributed by atoms with van der Waals surface area (Å²) in [5.41, 5.74) is 2.72. The fourth-order valence-corrected chi connectivity index (χ4v) is 4.03. The van der Waals surface area contributed by atoms with Crippen molar-refractivity contribution in [2.45, 2.75) is 65.7 Å². The lowest BCUT2D eigenvalue weighted by Gasteiger charge is -2.25. The molecule has 0 N–H and O–H groups in total. The second-order valence-electron chi connectivity index (χ2n) is 4.78. The van der Waals surface area contributed by atoms with Gasteiger partial charge in [0.05, 0.1) is 6.10 Å². The molecule has 0 heterocycles. The molecule has 0 aromatic rings. The highest BCUT2D eigenvalue weighted by atomic mass is 28.3. The van der Waals surface area contributed by atoms with Gasteiger partial charge in [-0.05, 0) is 31.9 Å². The highest BCUT2D eigenvalue weighted by Gasteiger charge is 2.23. The smallest absolute Gasteiger partial charge is 0.217 e. The first-order valence-electron chi connectivity index (χ1n) is 5.53. The molecule has 1 nitrogen and oxygen atoms in total. The van der Waals surface area contributed by atoms with E-state index < -0.39 is 9.04 Å². The molecule has 0 fully saturated rings. The van der Waals surface area contributed by atoms with Crippen LogP contribution in [0.1, 0.15) is 48.5 Å². The molecule has 0 aliphatic carbocycles. The number of hydrogen-bond donors (Lipinski definition) is 0. The maximum atomic E-state index is 6.11. The van der Waals surface area contributed by atoms with Crippen molar-refractivity contribution in [3.05, 3.63) is 11.6 Å². The Hall–Kier alpha value is -0.0831. The Balaban J connectivity index is 4.24. The molecule has 0 aromatic heterocycles. The molecule has 1 radical (unpaired) electrons. The van der Waals surface area contributed by atoms with Crippen molar-refractivity contribution < 1.29 is 4.43 Å². The molecule has 0 bridgehead atoms. The lowest BCUT2D eigenvalue weighted by Crippen LogP contribution is -2.29. The molecular formula is C12H25OSi. The van der Waals surface area contributed by atoms with Crippen molar-refractivity contribution in [2.75, 3.05) is 0 Å². The van der Waals surface area contributed by atoms with Crippen molar-refractivity contribution in [1.29, 1.82) is 0 Å². The van der Waals surface area contributed by atoms with E-state index in [2.05, 4.69) is 54.5 Å². The molecule has 0 aromatic carbocycles. The monoisotopic (exact) mass is 213 g/mol. The van der Waals surface area contributed by atoms with Crippen molar-refractivity contribution in [1.82, 2.24) is 0 Å². The zero-order valence-electron chi connectivity index (χ0n) is 10.7. The minimum absolute atomic E-state index is 0.277. The first kappa shape index (κ1) is 13.9.